The summed E-state index contributed by atoms with van der Waals surface area (Å²) in [5.41, 5.74) is 4.61. The summed E-state index contributed by atoms with van der Waals surface area (Å²) in [5.74, 6) is 0.326. The molecule has 0 saturated heterocycles. The Morgan fingerprint density at radius 3 is 2.80 bits per heavy atom. The van der Waals surface area contributed by atoms with E-state index >= 15 is 0 Å². The summed E-state index contributed by atoms with van der Waals surface area (Å²) < 4.78 is 4.56. The normalized spacial score (nSPS) is 13.3. The maximum atomic E-state index is 12.0. The highest BCUT2D eigenvalue weighted by Crippen LogP contribution is 2.23. The van der Waals surface area contributed by atoms with Crippen LogP contribution in [0.3, 0.4) is 0 Å². The lowest BCUT2D eigenvalue weighted by atomic mass is 9.92. The lowest BCUT2D eigenvalue weighted by Gasteiger charge is -2.16. The number of aromatic amines is 1. The highest BCUT2D eigenvalue weighted by molar-refractivity contribution is 6.22. The van der Waals surface area contributed by atoms with Gasteiger partial charge in [0.05, 0.1) is 23.9 Å². The van der Waals surface area contributed by atoms with Crippen molar-refractivity contribution in [3.63, 3.8) is 0 Å². The number of carbonyl (C=O) groups excluding carboxylic acids is 2. The van der Waals surface area contributed by atoms with E-state index in [4.69, 9.17) is 0 Å². The van der Waals surface area contributed by atoms with Crippen molar-refractivity contribution in [1.82, 2.24) is 9.97 Å². The molecule has 124 valence electrons. The largest absolute Gasteiger partial charge is 0.453 e. The number of H-pyrrole nitrogens is 1. The molecule has 1 aromatic heterocycles. The van der Waals surface area contributed by atoms with E-state index in [2.05, 4.69) is 25.0 Å². The van der Waals surface area contributed by atoms with Gasteiger partial charge in [-0.25, -0.2) is 9.78 Å². The second kappa shape index (κ2) is 5.86. The number of amides is 1. The minimum atomic E-state index is -0.594. The number of benzene rings is 2. The number of nitrogens with zero attached hydrogens (tertiary/aromatic N) is 2. The first-order chi connectivity index (χ1) is 12.2. The first-order valence-electron chi connectivity index (χ1n) is 7.68. The van der Waals surface area contributed by atoms with Crippen molar-refractivity contribution in [3.05, 3.63) is 59.2 Å². The van der Waals surface area contributed by atoms with Gasteiger partial charge in [-0.3, -0.25) is 15.1 Å². The molecule has 0 saturated carbocycles. The fourth-order valence-corrected chi connectivity index (χ4v) is 2.86. The molecule has 2 heterocycles. The van der Waals surface area contributed by atoms with E-state index in [-0.39, 0.29) is 12.3 Å². The van der Waals surface area contributed by atoms with E-state index in [0.29, 0.717) is 17.0 Å². The SMILES string of the molecule is COC(=O)Nc1nc2ccc(C3=NCC(=O)c4ccccc43)cc2[nH]1. The standard InChI is InChI=1S/C18H14N4O3/c1-25-18(24)22-17-20-13-7-6-10(8-14(13)21-17)16-12-5-3-2-4-11(12)15(23)9-19-16/h2-8H,9H2,1H3,(H2,20,21,22,24). The number of fused-ring (bicyclic) bond motifs is 2. The molecule has 0 atom stereocenters. The van der Waals surface area contributed by atoms with E-state index in [9.17, 15) is 9.59 Å². The zero-order chi connectivity index (χ0) is 17.4. The lowest BCUT2D eigenvalue weighted by molar-refractivity contribution is 0.1000. The minimum absolute atomic E-state index is 0.0199. The Morgan fingerprint density at radius 1 is 1.20 bits per heavy atom. The van der Waals surface area contributed by atoms with E-state index in [1.54, 1.807) is 0 Å². The van der Waals surface area contributed by atoms with Gasteiger partial charge in [0.2, 0.25) is 5.95 Å². The van der Waals surface area contributed by atoms with Crippen LogP contribution in [-0.2, 0) is 4.74 Å². The summed E-state index contributed by atoms with van der Waals surface area (Å²) in [6.07, 6.45) is -0.594. The number of imidazole rings is 1. The zero-order valence-corrected chi connectivity index (χ0v) is 13.4. The Hall–Kier alpha value is -3.48. The highest BCUT2D eigenvalue weighted by Gasteiger charge is 2.21. The number of aliphatic imine (C=N–C) groups is 1. The summed E-state index contributed by atoms with van der Waals surface area (Å²) >= 11 is 0. The van der Waals surface area contributed by atoms with Crippen LogP contribution in [0, 0.1) is 0 Å². The molecule has 2 N–H and O–H groups in total. The number of anilines is 1. The molecule has 0 aliphatic carbocycles. The fourth-order valence-electron chi connectivity index (χ4n) is 2.86. The molecule has 1 amide bonds. The van der Waals surface area contributed by atoms with Crippen LogP contribution in [0.1, 0.15) is 21.5 Å². The van der Waals surface area contributed by atoms with Crippen molar-refractivity contribution in [2.45, 2.75) is 0 Å². The van der Waals surface area contributed by atoms with E-state index < -0.39 is 6.09 Å². The summed E-state index contributed by atoms with van der Waals surface area (Å²) in [7, 11) is 1.29. The summed E-state index contributed by atoms with van der Waals surface area (Å²) in [4.78, 5) is 35.1. The van der Waals surface area contributed by atoms with Crippen LogP contribution >= 0.6 is 0 Å². The number of nitrogens with one attached hydrogen (secondary N) is 2. The number of aromatic nitrogens is 2. The number of ether oxygens (including phenoxy) is 1. The average molecular weight is 334 g/mol. The first kappa shape index (κ1) is 15.1. The predicted octanol–water partition coefficient (Wildman–Crippen LogP) is 2.77. The van der Waals surface area contributed by atoms with Gasteiger partial charge in [-0.15, -0.1) is 0 Å². The topological polar surface area (TPSA) is 96.4 Å². The van der Waals surface area contributed by atoms with Crippen molar-refractivity contribution < 1.29 is 14.3 Å². The molecule has 25 heavy (non-hydrogen) atoms. The monoisotopic (exact) mass is 334 g/mol. The van der Waals surface area contributed by atoms with Crippen molar-refractivity contribution >= 4 is 34.6 Å². The van der Waals surface area contributed by atoms with E-state index in [1.165, 1.54) is 7.11 Å². The Labute approximate surface area is 142 Å². The second-order valence-electron chi connectivity index (χ2n) is 5.57. The van der Waals surface area contributed by atoms with Gasteiger partial charge < -0.3 is 9.72 Å². The van der Waals surface area contributed by atoms with Crippen LogP contribution in [0.5, 0.6) is 0 Å². The predicted molar refractivity (Wildman–Crippen MR) is 93.4 cm³/mol. The fraction of sp³-hybridized carbons (Fsp3) is 0.111. The smallest absolute Gasteiger partial charge is 0.413 e. The summed E-state index contributed by atoms with van der Waals surface area (Å²) in [6.45, 7) is 0.141. The third kappa shape index (κ3) is 2.65. The van der Waals surface area contributed by atoms with Crippen LogP contribution in [0.2, 0.25) is 0 Å². The van der Waals surface area contributed by atoms with Gasteiger partial charge in [0.25, 0.3) is 0 Å². The number of ketones is 1. The molecule has 0 spiro atoms. The number of carbonyl (C=O) groups is 2. The average Bonchev–Trinajstić information content (AvgIpc) is 3.03. The summed E-state index contributed by atoms with van der Waals surface area (Å²) in [6, 6.07) is 13.1. The number of hydrogen-bond donors (Lipinski definition) is 2. The number of rotatable bonds is 2. The van der Waals surface area contributed by atoms with Gasteiger partial charge in [-0.05, 0) is 12.1 Å². The van der Waals surface area contributed by atoms with E-state index in [0.717, 1.165) is 22.4 Å². The molecule has 0 bridgehead atoms. The highest BCUT2D eigenvalue weighted by atomic mass is 16.5. The molecule has 0 radical (unpaired) electrons. The number of Topliss-reactive ketones (excluding diaryl/α,β-unsaturated/α-hetero) is 1. The van der Waals surface area contributed by atoms with Crippen LogP contribution in [0.25, 0.3) is 11.0 Å². The van der Waals surface area contributed by atoms with Crippen molar-refractivity contribution in [2.75, 3.05) is 19.0 Å². The molecule has 7 heteroatoms. The molecule has 3 aromatic rings. The molecule has 1 aliphatic rings. The van der Waals surface area contributed by atoms with Crippen LogP contribution in [0.15, 0.2) is 47.5 Å². The Balaban J connectivity index is 1.75. The zero-order valence-electron chi connectivity index (χ0n) is 13.4. The second-order valence-corrected chi connectivity index (χ2v) is 5.57. The van der Waals surface area contributed by atoms with Gasteiger partial charge in [-0.1, -0.05) is 30.3 Å². The Bertz CT molecular complexity index is 1040. The molecule has 4 rings (SSSR count). The third-order valence-electron chi connectivity index (χ3n) is 4.02. The molecule has 0 fully saturated rings. The maximum Gasteiger partial charge on any atom is 0.413 e. The number of hydrogen-bond acceptors (Lipinski definition) is 5. The molecule has 2 aromatic carbocycles. The van der Waals surface area contributed by atoms with E-state index in [1.807, 2.05) is 42.5 Å². The van der Waals surface area contributed by atoms with Crippen LogP contribution in [0.4, 0.5) is 10.7 Å². The van der Waals surface area contributed by atoms with Gasteiger partial charge in [0, 0.05) is 16.7 Å². The van der Waals surface area contributed by atoms with Gasteiger partial charge in [0.1, 0.15) is 6.54 Å². The van der Waals surface area contributed by atoms with Gasteiger partial charge >= 0.3 is 6.09 Å². The molecule has 1 aliphatic heterocycles. The van der Waals surface area contributed by atoms with Gasteiger partial charge in [-0.2, -0.15) is 0 Å². The Morgan fingerprint density at radius 2 is 2.00 bits per heavy atom. The van der Waals surface area contributed by atoms with Crippen molar-refractivity contribution in [2.24, 2.45) is 4.99 Å². The van der Waals surface area contributed by atoms with Gasteiger partial charge in [0.15, 0.2) is 5.78 Å². The molecule has 7 nitrogen and oxygen atoms in total. The van der Waals surface area contributed by atoms with Crippen molar-refractivity contribution in [3.8, 4) is 0 Å². The van der Waals surface area contributed by atoms with Crippen LogP contribution < -0.4 is 5.32 Å². The molecular weight excluding hydrogens is 320 g/mol. The quantitative estimate of drug-likeness (QED) is 0.753. The third-order valence-corrected chi connectivity index (χ3v) is 4.02. The number of methoxy groups -OCH3 is 1. The minimum Gasteiger partial charge on any atom is -0.453 e. The lowest BCUT2D eigenvalue weighted by Crippen LogP contribution is -2.19. The van der Waals surface area contributed by atoms with Crippen LogP contribution in [-0.4, -0.2) is 41.2 Å². The summed E-state index contributed by atoms with van der Waals surface area (Å²) in [5, 5.41) is 2.50. The maximum absolute atomic E-state index is 12.0. The first-order valence-corrected chi connectivity index (χ1v) is 7.68. The van der Waals surface area contributed by atoms with Crippen molar-refractivity contribution in [1.29, 1.82) is 0 Å². The Kier molecular flexibility index (Phi) is 3.53. The molecular formula is C18H14N4O3. The molecule has 0 unspecified atom stereocenters.